The zero-order chi connectivity index (χ0) is 14.7. The predicted molar refractivity (Wildman–Crippen MR) is 98.1 cm³/mol. The summed E-state index contributed by atoms with van der Waals surface area (Å²) in [6.07, 6.45) is 0. The van der Waals surface area contributed by atoms with E-state index < -0.39 is 0 Å². The Morgan fingerprint density at radius 1 is 1.22 bits per heavy atom. The van der Waals surface area contributed by atoms with Gasteiger partial charge in [-0.3, -0.25) is 4.90 Å². The summed E-state index contributed by atoms with van der Waals surface area (Å²) in [5.41, 5.74) is 0.904. The van der Waals surface area contributed by atoms with E-state index in [1.165, 1.54) is 10.9 Å². The standard InChI is InChI=1S/C16H19FN2OS.2ClH/c1-20-14-5-4-12(17)11-13(14)16(15-3-2-10-21-15)19-8-6-18-7-9-19;;/h2-5,10-11,16,18H,6-9H2,1H3;2*1H/t16-;;/m0../s1. The van der Waals surface area contributed by atoms with Crippen molar-refractivity contribution in [3.05, 3.63) is 52.0 Å². The molecule has 0 unspecified atom stereocenters. The molecule has 3 rings (SSSR count). The van der Waals surface area contributed by atoms with Crippen LogP contribution < -0.4 is 10.1 Å². The van der Waals surface area contributed by atoms with Gasteiger partial charge in [-0.1, -0.05) is 6.07 Å². The molecule has 1 N–H and O–H groups in total. The van der Waals surface area contributed by atoms with Gasteiger partial charge in [0, 0.05) is 36.6 Å². The van der Waals surface area contributed by atoms with E-state index in [1.54, 1.807) is 30.6 Å². The summed E-state index contributed by atoms with van der Waals surface area (Å²) in [5.74, 6) is 0.524. The lowest BCUT2D eigenvalue weighted by molar-refractivity contribution is 0.197. The lowest BCUT2D eigenvalue weighted by atomic mass is 10.0. The highest BCUT2D eigenvalue weighted by Crippen LogP contribution is 2.37. The van der Waals surface area contributed by atoms with Gasteiger partial charge in [-0.2, -0.15) is 0 Å². The molecule has 0 saturated carbocycles. The van der Waals surface area contributed by atoms with Crippen LogP contribution in [0.5, 0.6) is 5.75 Å². The van der Waals surface area contributed by atoms with Crippen molar-refractivity contribution in [1.82, 2.24) is 10.2 Å². The van der Waals surface area contributed by atoms with Crippen molar-refractivity contribution in [3.8, 4) is 5.75 Å². The summed E-state index contributed by atoms with van der Waals surface area (Å²) >= 11 is 1.70. The minimum Gasteiger partial charge on any atom is -0.496 e. The fraction of sp³-hybridized carbons (Fsp3) is 0.375. The molecule has 1 aliphatic rings. The largest absolute Gasteiger partial charge is 0.496 e. The Hall–Kier alpha value is -0.850. The monoisotopic (exact) mass is 378 g/mol. The van der Waals surface area contributed by atoms with Crippen molar-refractivity contribution in [2.75, 3.05) is 33.3 Å². The Morgan fingerprint density at radius 3 is 2.57 bits per heavy atom. The number of hydrogen-bond donors (Lipinski definition) is 1. The van der Waals surface area contributed by atoms with Gasteiger partial charge >= 0.3 is 0 Å². The fourth-order valence-electron chi connectivity index (χ4n) is 2.84. The van der Waals surface area contributed by atoms with Gasteiger partial charge in [0.05, 0.1) is 13.2 Å². The number of halogens is 3. The Morgan fingerprint density at radius 2 is 1.96 bits per heavy atom. The van der Waals surface area contributed by atoms with Crippen LogP contribution in [0.3, 0.4) is 0 Å². The van der Waals surface area contributed by atoms with Crippen LogP contribution in [0.2, 0.25) is 0 Å². The van der Waals surface area contributed by atoms with E-state index in [0.29, 0.717) is 0 Å². The maximum atomic E-state index is 13.8. The molecule has 1 fully saturated rings. The minimum absolute atomic E-state index is 0. The molecule has 1 aromatic heterocycles. The second-order valence-corrected chi connectivity index (χ2v) is 6.07. The second-order valence-electron chi connectivity index (χ2n) is 5.09. The van der Waals surface area contributed by atoms with E-state index >= 15 is 0 Å². The molecule has 0 aliphatic carbocycles. The van der Waals surface area contributed by atoms with Gasteiger partial charge in [0.2, 0.25) is 0 Å². The van der Waals surface area contributed by atoms with Crippen LogP contribution in [-0.2, 0) is 0 Å². The minimum atomic E-state index is -0.220. The third-order valence-corrected chi connectivity index (χ3v) is 4.74. The number of hydrogen-bond acceptors (Lipinski definition) is 4. The second kappa shape index (κ2) is 9.45. The number of piperazine rings is 1. The summed E-state index contributed by atoms with van der Waals surface area (Å²) in [5, 5.41) is 5.43. The number of thiophene rings is 1. The molecule has 1 aromatic carbocycles. The molecule has 1 atom stereocenters. The molecule has 7 heteroatoms. The molecule has 1 aliphatic heterocycles. The smallest absolute Gasteiger partial charge is 0.124 e. The SMILES string of the molecule is COc1ccc(F)cc1[C@@H](c1cccs1)N1CCNCC1.Cl.Cl. The van der Waals surface area contributed by atoms with Gasteiger partial charge in [0.15, 0.2) is 0 Å². The zero-order valence-corrected chi connectivity index (χ0v) is 15.3. The average Bonchev–Trinajstić information content (AvgIpc) is 3.03. The first-order valence-corrected chi connectivity index (χ1v) is 7.99. The van der Waals surface area contributed by atoms with E-state index in [-0.39, 0.29) is 36.7 Å². The average molecular weight is 379 g/mol. The highest BCUT2D eigenvalue weighted by molar-refractivity contribution is 7.10. The highest BCUT2D eigenvalue weighted by Gasteiger charge is 2.27. The first kappa shape index (κ1) is 20.2. The van der Waals surface area contributed by atoms with Crippen LogP contribution in [0.25, 0.3) is 0 Å². The van der Waals surface area contributed by atoms with Gasteiger partial charge in [-0.15, -0.1) is 36.2 Å². The maximum Gasteiger partial charge on any atom is 0.124 e. The van der Waals surface area contributed by atoms with E-state index in [0.717, 1.165) is 37.5 Å². The van der Waals surface area contributed by atoms with Crippen LogP contribution in [0, 0.1) is 5.82 Å². The highest BCUT2D eigenvalue weighted by atomic mass is 35.5. The topological polar surface area (TPSA) is 24.5 Å². The molecule has 2 heterocycles. The Kier molecular flexibility index (Phi) is 8.29. The van der Waals surface area contributed by atoms with Crippen molar-refractivity contribution in [2.24, 2.45) is 0 Å². The first-order valence-electron chi connectivity index (χ1n) is 7.11. The molecule has 0 amide bonds. The lowest BCUT2D eigenvalue weighted by Gasteiger charge is -2.35. The van der Waals surface area contributed by atoms with Gasteiger partial charge in [-0.05, 0) is 29.6 Å². The number of ether oxygens (including phenoxy) is 1. The van der Waals surface area contributed by atoms with Gasteiger partial charge in [0.25, 0.3) is 0 Å². The van der Waals surface area contributed by atoms with Crippen molar-refractivity contribution in [1.29, 1.82) is 0 Å². The number of rotatable bonds is 4. The van der Waals surface area contributed by atoms with Crippen LogP contribution in [0.4, 0.5) is 4.39 Å². The lowest BCUT2D eigenvalue weighted by Crippen LogP contribution is -2.45. The molecule has 0 bridgehead atoms. The number of nitrogens with one attached hydrogen (secondary N) is 1. The summed E-state index contributed by atoms with van der Waals surface area (Å²) in [6.45, 7) is 3.81. The third-order valence-electron chi connectivity index (χ3n) is 3.82. The molecular formula is C16H21Cl2FN2OS. The van der Waals surface area contributed by atoms with Crippen molar-refractivity contribution >= 4 is 36.2 Å². The molecule has 2 aromatic rings. The van der Waals surface area contributed by atoms with Crippen molar-refractivity contribution in [3.63, 3.8) is 0 Å². The summed E-state index contributed by atoms with van der Waals surface area (Å²) < 4.78 is 19.2. The Balaban J connectivity index is 0.00000132. The Labute approximate surface area is 152 Å². The molecule has 23 heavy (non-hydrogen) atoms. The molecule has 3 nitrogen and oxygen atoms in total. The van der Waals surface area contributed by atoms with Crippen LogP contribution in [0.15, 0.2) is 35.7 Å². The molecule has 128 valence electrons. The molecule has 0 spiro atoms. The van der Waals surface area contributed by atoms with E-state index in [1.807, 2.05) is 6.07 Å². The predicted octanol–water partition coefficient (Wildman–Crippen LogP) is 3.73. The maximum absolute atomic E-state index is 13.8. The number of nitrogens with zero attached hydrogens (tertiary/aromatic N) is 1. The van der Waals surface area contributed by atoms with Gasteiger partial charge < -0.3 is 10.1 Å². The van der Waals surface area contributed by atoms with Crippen LogP contribution >= 0.6 is 36.2 Å². The molecular weight excluding hydrogens is 358 g/mol. The van der Waals surface area contributed by atoms with E-state index in [2.05, 4.69) is 21.7 Å². The Bertz CT molecular complexity index is 592. The summed E-state index contributed by atoms with van der Waals surface area (Å²) in [4.78, 5) is 3.61. The quantitative estimate of drug-likeness (QED) is 0.876. The van der Waals surface area contributed by atoms with Gasteiger partial charge in [0.1, 0.15) is 11.6 Å². The number of benzene rings is 1. The van der Waals surface area contributed by atoms with Crippen LogP contribution in [-0.4, -0.2) is 38.2 Å². The summed E-state index contributed by atoms with van der Waals surface area (Å²) in [7, 11) is 1.64. The first-order chi connectivity index (χ1) is 10.3. The zero-order valence-electron chi connectivity index (χ0n) is 12.8. The van der Waals surface area contributed by atoms with Gasteiger partial charge in [-0.25, -0.2) is 4.39 Å². The summed E-state index contributed by atoms with van der Waals surface area (Å²) in [6, 6.07) is 8.98. The number of methoxy groups -OCH3 is 1. The van der Waals surface area contributed by atoms with Crippen molar-refractivity contribution < 1.29 is 9.13 Å². The molecule has 1 saturated heterocycles. The van der Waals surface area contributed by atoms with Crippen LogP contribution in [0.1, 0.15) is 16.5 Å². The van der Waals surface area contributed by atoms with E-state index in [4.69, 9.17) is 4.74 Å². The van der Waals surface area contributed by atoms with E-state index in [9.17, 15) is 4.39 Å². The fourth-order valence-corrected chi connectivity index (χ4v) is 3.71. The third kappa shape index (κ3) is 4.58. The molecule has 0 radical (unpaired) electrons. The normalized spacial score (nSPS) is 16.1. The van der Waals surface area contributed by atoms with Crippen molar-refractivity contribution in [2.45, 2.75) is 6.04 Å².